The van der Waals surface area contributed by atoms with Crippen molar-refractivity contribution >= 4 is 23.4 Å². The van der Waals surface area contributed by atoms with Crippen molar-refractivity contribution in [3.05, 3.63) is 0 Å². The monoisotopic (exact) mass is 284 g/mol. The van der Waals surface area contributed by atoms with Gasteiger partial charge in [0.25, 0.3) is 0 Å². The van der Waals surface area contributed by atoms with E-state index in [1.54, 1.807) is 0 Å². The lowest BCUT2D eigenvalue weighted by atomic mass is 10.2. The number of rotatable bonds is 8. The summed E-state index contributed by atoms with van der Waals surface area (Å²) in [6, 6.07) is 0. The van der Waals surface area contributed by atoms with Gasteiger partial charge in [0.1, 0.15) is 0 Å². The maximum absolute atomic E-state index is 12.4. The second-order valence-corrected chi connectivity index (χ2v) is 4.92. The van der Waals surface area contributed by atoms with E-state index in [0.29, 0.717) is 11.6 Å². The normalized spacial score (nSPS) is 13.1. The van der Waals surface area contributed by atoms with Gasteiger partial charge in [0.05, 0.1) is 0 Å². The van der Waals surface area contributed by atoms with Crippen molar-refractivity contribution in [3.8, 4) is 0 Å². The highest BCUT2D eigenvalue weighted by molar-refractivity contribution is 7.99. The molecule has 0 aliphatic carbocycles. The van der Waals surface area contributed by atoms with Crippen molar-refractivity contribution < 1.29 is 22.0 Å². The van der Waals surface area contributed by atoms with E-state index in [-0.39, 0.29) is 6.42 Å². The van der Waals surface area contributed by atoms with E-state index in [9.17, 15) is 22.0 Å². The predicted octanol–water partition coefficient (Wildman–Crippen LogP) is 4.72. The van der Waals surface area contributed by atoms with Crippen LogP contribution in [0.4, 0.5) is 22.0 Å². The number of hydrogen-bond acceptors (Lipinski definition) is 1. The van der Waals surface area contributed by atoms with Crippen LogP contribution in [0.2, 0.25) is 0 Å². The molecule has 0 amide bonds. The van der Waals surface area contributed by atoms with Crippen molar-refractivity contribution in [2.75, 3.05) is 17.4 Å². The molecule has 7 heteroatoms. The van der Waals surface area contributed by atoms with Crippen molar-refractivity contribution in [3.63, 3.8) is 0 Å². The zero-order valence-corrected chi connectivity index (χ0v) is 10.2. The standard InChI is InChI=1S/C9H14ClF5S/c10-5-1-2-6-16-7-3-4-8(11,12)9(13,14)15/h1-7H2. The van der Waals surface area contributed by atoms with Gasteiger partial charge in [0.15, 0.2) is 0 Å². The first kappa shape index (κ1) is 16.3. The Kier molecular flexibility index (Phi) is 7.72. The van der Waals surface area contributed by atoms with Crippen molar-refractivity contribution in [1.82, 2.24) is 0 Å². The Bertz CT molecular complexity index is 183. The largest absolute Gasteiger partial charge is 0.453 e. The fraction of sp³-hybridized carbons (Fsp3) is 1.00. The third kappa shape index (κ3) is 6.78. The van der Waals surface area contributed by atoms with Crippen LogP contribution in [0.5, 0.6) is 0 Å². The van der Waals surface area contributed by atoms with Crippen LogP contribution in [0.15, 0.2) is 0 Å². The first-order chi connectivity index (χ1) is 7.31. The van der Waals surface area contributed by atoms with E-state index in [1.807, 2.05) is 0 Å². The Morgan fingerprint density at radius 2 is 1.44 bits per heavy atom. The van der Waals surface area contributed by atoms with E-state index in [4.69, 9.17) is 11.6 Å². The lowest BCUT2D eigenvalue weighted by Crippen LogP contribution is -2.36. The molecule has 0 spiro atoms. The minimum Gasteiger partial charge on any atom is -0.196 e. The molecule has 0 nitrogen and oxygen atoms in total. The Balaban J connectivity index is 3.51. The third-order valence-corrected chi connectivity index (χ3v) is 3.29. The topological polar surface area (TPSA) is 0 Å². The smallest absolute Gasteiger partial charge is 0.196 e. The van der Waals surface area contributed by atoms with Gasteiger partial charge in [-0.3, -0.25) is 0 Å². The van der Waals surface area contributed by atoms with Crippen LogP contribution in [0.25, 0.3) is 0 Å². The summed E-state index contributed by atoms with van der Waals surface area (Å²) in [7, 11) is 0. The Labute approximate surface area is 101 Å². The number of alkyl halides is 6. The highest BCUT2D eigenvalue weighted by Crippen LogP contribution is 2.38. The summed E-state index contributed by atoms with van der Waals surface area (Å²) in [6.07, 6.45) is -4.97. The van der Waals surface area contributed by atoms with Gasteiger partial charge in [-0.25, -0.2) is 0 Å². The second kappa shape index (κ2) is 7.58. The maximum Gasteiger partial charge on any atom is 0.453 e. The quantitative estimate of drug-likeness (QED) is 0.353. The van der Waals surface area contributed by atoms with Crippen LogP contribution in [0.1, 0.15) is 25.7 Å². The fourth-order valence-corrected chi connectivity index (χ4v) is 2.09. The molecule has 0 atom stereocenters. The molecule has 0 fully saturated rings. The number of halogens is 6. The van der Waals surface area contributed by atoms with Crippen LogP contribution in [0, 0.1) is 0 Å². The van der Waals surface area contributed by atoms with Crippen LogP contribution in [-0.4, -0.2) is 29.5 Å². The fourth-order valence-electron chi connectivity index (χ4n) is 0.939. The van der Waals surface area contributed by atoms with E-state index >= 15 is 0 Å². The molecule has 0 bridgehead atoms. The SMILES string of the molecule is FC(F)(F)C(F)(F)CCCSCCCCCl. The molecule has 0 saturated carbocycles. The average Bonchev–Trinajstić information content (AvgIpc) is 2.14. The molecule has 0 aromatic heterocycles. The molecule has 98 valence electrons. The summed E-state index contributed by atoms with van der Waals surface area (Å²) < 4.78 is 60.0. The van der Waals surface area contributed by atoms with Gasteiger partial charge in [-0.2, -0.15) is 33.7 Å². The maximum atomic E-state index is 12.4. The van der Waals surface area contributed by atoms with Gasteiger partial charge in [-0.1, -0.05) is 0 Å². The van der Waals surface area contributed by atoms with Gasteiger partial charge in [0, 0.05) is 12.3 Å². The van der Waals surface area contributed by atoms with Crippen LogP contribution < -0.4 is 0 Å². The highest BCUT2D eigenvalue weighted by Gasteiger charge is 2.56. The Hall–Kier alpha value is 0.290. The van der Waals surface area contributed by atoms with E-state index in [1.165, 1.54) is 11.8 Å². The van der Waals surface area contributed by atoms with Crippen LogP contribution in [-0.2, 0) is 0 Å². The minimum absolute atomic E-state index is 0.127. The molecule has 16 heavy (non-hydrogen) atoms. The summed E-state index contributed by atoms with van der Waals surface area (Å²) in [5, 5.41) is 0. The molecular formula is C9H14ClF5S. The zero-order chi connectivity index (χ0) is 12.7. The molecule has 0 heterocycles. The lowest BCUT2D eigenvalue weighted by Gasteiger charge is -2.19. The van der Waals surface area contributed by atoms with E-state index < -0.39 is 18.5 Å². The van der Waals surface area contributed by atoms with E-state index in [2.05, 4.69) is 0 Å². The molecule has 0 saturated heterocycles. The van der Waals surface area contributed by atoms with E-state index in [0.717, 1.165) is 18.6 Å². The summed E-state index contributed by atoms with van der Waals surface area (Å²) >= 11 is 6.80. The lowest BCUT2D eigenvalue weighted by molar-refractivity contribution is -0.284. The first-order valence-corrected chi connectivity index (χ1v) is 6.58. The molecule has 0 unspecified atom stereocenters. The molecule has 0 radical (unpaired) electrons. The van der Waals surface area contributed by atoms with Gasteiger partial charge in [-0.05, 0) is 30.8 Å². The minimum atomic E-state index is -5.42. The molecule has 0 aliphatic heterocycles. The van der Waals surface area contributed by atoms with Gasteiger partial charge in [0.2, 0.25) is 0 Å². The summed E-state index contributed by atoms with van der Waals surface area (Å²) in [4.78, 5) is 0. The van der Waals surface area contributed by atoms with Crippen molar-refractivity contribution in [1.29, 1.82) is 0 Å². The molecular weight excluding hydrogens is 271 g/mol. The summed E-state index contributed by atoms with van der Waals surface area (Å²) in [6.45, 7) is 0. The second-order valence-electron chi connectivity index (χ2n) is 3.31. The van der Waals surface area contributed by atoms with Crippen LogP contribution in [0.3, 0.4) is 0 Å². The average molecular weight is 285 g/mol. The van der Waals surface area contributed by atoms with Gasteiger partial charge >= 0.3 is 12.1 Å². The molecule has 0 rings (SSSR count). The van der Waals surface area contributed by atoms with Gasteiger partial charge in [-0.15, -0.1) is 11.6 Å². The molecule has 0 aliphatic rings. The van der Waals surface area contributed by atoms with Crippen molar-refractivity contribution in [2.24, 2.45) is 0 Å². The third-order valence-electron chi connectivity index (χ3n) is 1.87. The molecule has 0 N–H and O–H groups in total. The molecule has 0 aromatic carbocycles. The van der Waals surface area contributed by atoms with Crippen molar-refractivity contribution in [2.45, 2.75) is 37.8 Å². The number of unbranched alkanes of at least 4 members (excludes halogenated alkanes) is 1. The van der Waals surface area contributed by atoms with Crippen LogP contribution >= 0.6 is 23.4 Å². The highest BCUT2D eigenvalue weighted by atomic mass is 35.5. The summed E-state index contributed by atoms with van der Waals surface area (Å²) in [5.41, 5.74) is 0. The Morgan fingerprint density at radius 1 is 0.875 bits per heavy atom. The zero-order valence-electron chi connectivity index (χ0n) is 8.63. The predicted molar refractivity (Wildman–Crippen MR) is 57.5 cm³/mol. The first-order valence-electron chi connectivity index (χ1n) is 4.89. The number of hydrogen-bond donors (Lipinski definition) is 0. The molecule has 0 aromatic rings. The van der Waals surface area contributed by atoms with Gasteiger partial charge < -0.3 is 0 Å². The summed E-state index contributed by atoms with van der Waals surface area (Å²) in [5.74, 6) is -2.92. The number of thioether (sulfide) groups is 1. The Morgan fingerprint density at radius 3 is 1.94 bits per heavy atom.